The average molecular weight is 1040 g/mol. The number of carbonyl (C=O) groups excluding carboxylic acids is 5. The van der Waals surface area contributed by atoms with E-state index >= 15 is 0 Å². The second-order valence-corrected chi connectivity index (χ2v) is 20.4. The first-order chi connectivity index (χ1) is 35.2. The fraction of sp³-hybridized carbons (Fsp3) is 0.704. The van der Waals surface area contributed by atoms with Crippen molar-refractivity contribution in [1.82, 2.24) is 19.4 Å². The lowest BCUT2D eigenvalue weighted by molar-refractivity contribution is -0.344. The standard InChI is InChI=1S/C54H82N4O16/c1-12-43(62)70-42-29-45(64)69-40(20-15-18-37-17-14-19-39(28-37)58-25-23-55-32-58)21-16-24-57(10)31-41(61)33(3)27-38(22-26-59)50(51(42)66-11)73-53-48(65)47(56(8)9)49(34(4)68-53)72-46-30-54(7,74-36(6)60)52(35(5)67-46)71-44(63)13-2/h14-15,17-19,23,25-26,28,32-35,38,40-42,46-53,61,65H,12-13,16,20-22,24,27,29-31H2,1-11H3/t33-,34?,35?,38+,40+,41+,42-,46+,47?,48?,49-,50+,51+,52+,53+,54?/m1/s1. The Kier molecular flexibility index (Phi) is 23.2. The SMILES string of the molecule is CCC(=O)O[C@@H]1CC(=O)O[C@@H](CC=Cc2cccc(-n3ccnc3)c2)CCCN(C)C[C@H](O)[C@H](C)C[C@H](CC=O)[C@H](O[C@@H]2OC(C)[C@@H](O[C@H]3CC(C)(OC(C)=O)[C@@H](OC(=O)CC)C(C)O3)C(N(C)C)C2O)[C@H]1OC. The van der Waals surface area contributed by atoms with E-state index in [4.69, 9.17) is 42.6 Å². The molecule has 3 aliphatic rings. The van der Waals surface area contributed by atoms with Crippen LogP contribution in [-0.2, 0) is 66.6 Å². The third-order valence-electron chi connectivity index (χ3n) is 14.2. The van der Waals surface area contributed by atoms with E-state index in [9.17, 15) is 34.2 Å². The minimum absolute atomic E-state index is 0.0253. The number of ether oxygens (including phenoxy) is 9. The lowest BCUT2D eigenvalue weighted by Crippen LogP contribution is -2.66. The molecule has 5 unspecified atom stereocenters. The number of methoxy groups -OCH3 is 1. The summed E-state index contributed by atoms with van der Waals surface area (Å²) in [5.41, 5.74) is 0.542. The van der Waals surface area contributed by atoms with Crippen LogP contribution in [0.15, 0.2) is 49.1 Å². The quantitative estimate of drug-likeness (QED) is 0.123. The number of imidazole rings is 1. The number of aromatic nitrogens is 2. The molecule has 2 aromatic rings. The summed E-state index contributed by atoms with van der Waals surface area (Å²) in [7, 11) is 6.80. The minimum atomic E-state index is -1.44. The molecular weight excluding hydrogens is 961 g/mol. The summed E-state index contributed by atoms with van der Waals surface area (Å²) in [6, 6.07) is 7.09. The normalized spacial score (nSPS) is 34.2. The molecule has 1 aromatic carbocycles. The zero-order valence-electron chi connectivity index (χ0n) is 45.1. The van der Waals surface area contributed by atoms with Crippen molar-refractivity contribution in [3.05, 3.63) is 54.6 Å². The Hall–Kier alpha value is -4.64. The van der Waals surface area contributed by atoms with Crippen LogP contribution in [0.1, 0.15) is 112 Å². The van der Waals surface area contributed by atoms with Crippen LogP contribution in [0.2, 0.25) is 0 Å². The first-order valence-electron chi connectivity index (χ1n) is 26.0. The number of aliphatic hydroxyl groups is 2. The molecule has 3 fully saturated rings. The summed E-state index contributed by atoms with van der Waals surface area (Å²) in [5, 5.41) is 24.0. The molecule has 414 valence electrons. The fourth-order valence-electron chi connectivity index (χ4n) is 10.4. The number of benzene rings is 1. The molecule has 74 heavy (non-hydrogen) atoms. The molecule has 0 saturated carbocycles. The molecule has 4 heterocycles. The number of esters is 4. The number of cyclic esters (lactones) is 1. The van der Waals surface area contributed by atoms with Crippen molar-refractivity contribution in [2.75, 3.05) is 41.3 Å². The maximum Gasteiger partial charge on any atom is 0.309 e. The van der Waals surface area contributed by atoms with Crippen LogP contribution in [0.4, 0.5) is 0 Å². The summed E-state index contributed by atoms with van der Waals surface area (Å²) >= 11 is 0. The molecule has 20 nitrogen and oxygen atoms in total. The van der Waals surface area contributed by atoms with Crippen LogP contribution in [0.25, 0.3) is 11.8 Å². The Morgan fingerprint density at radius 3 is 2.36 bits per heavy atom. The first kappa shape index (κ1) is 60.2. The highest BCUT2D eigenvalue weighted by molar-refractivity contribution is 5.73. The molecule has 16 atom stereocenters. The number of carbonyl (C=O) groups is 5. The lowest BCUT2D eigenvalue weighted by atomic mass is 9.82. The summed E-state index contributed by atoms with van der Waals surface area (Å²) in [5.74, 6) is -3.47. The van der Waals surface area contributed by atoms with Gasteiger partial charge in [-0.3, -0.25) is 19.2 Å². The zero-order valence-corrected chi connectivity index (χ0v) is 45.1. The summed E-state index contributed by atoms with van der Waals surface area (Å²) < 4.78 is 58.1. The molecule has 0 amide bonds. The van der Waals surface area contributed by atoms with Gasteiger partial charge in [-0.05, 0) is 97.3 Å². The van der Waals surface area contributed by atoms with Crippen LogP contribution in [0.3, 0.4) is 0 Å². The summed E-state index contributed by atoms with van der Waals surface area (Å²) in [6.07, 6.45) is -1.16. The number of aldehydes is 1. The number of β-amino-alcohol motifs (C(OH)–C–C–N with tert-alkyl or cyclic N) is 1. The van der Waals surface area contributed by atoms with E-state index in [2.05, 4.69) is 4.98 Å². The number of rotatable bonds is 17. The van der Waals surface area contributed by atoms with Gasteiger partial charge in [-0.25, -0.2) is 4.98 Å². The average Bonchev–Trinajstić information content (AvgIpc) is 3.89. The fourth-order valence-corrected chi connectivity index (χ4v) is 10.4. The van der Waals surface area contributed by atoms with E-state index in [1.165, 1.54) is 14.0 Å². The van der Waals surface area contributed by atoms with E-state index in [1.807, 2.05) is 66.1 Å². The first-order valence-corrected chi connectivity index (χ1v) is 26.0. The van der Waals surface area contributed by atoms with E-state index in [0.29, 0.717) is 32.4 Å². The molecule has 3 saturated heterocycles. The zero-order chi connectivity index (χ0) is 54.3. The smallest absolute Gasteiger partial charge is 0.309 e. The van der Waals surface area contributed by atoms with E-state index in [0.717, 1.165) is 17.5 Å². The van der Waals surface area contributed by atoms with Gasteiger partial charge in [0, 0.05) is 70.8 Å². The van der Waals surface area contributed by atoms with Crippen molar-refractivity contribution in [3.63, 3.8) is 0 Å². The third-order valence-corrected chi connectivity index (χ3v) is 14.2. The molecule has 0 bridgehead atoms. The Balaban J connectivity index is 1.45. The molecular formula is C54H82N4O16. The molecule has 2 N–H and O–H groups in total. The molecule has 1 aromatic heterocycles. The third kappa shape index (κ3) is 16.7. The summed E-state index contributed by atoms with van der Waals surface area (Å²) in [4.78, 5) is 72.9. The van der Waals surface area contributed by atoms with Crippen molar-refractivity contribution in [2.24, 2.45) is 11.8 Å². The molecule has 0 radical (unpaired) electrons. The predicted octanol–water partition coefficient (Wildman–Crippen LogP) is 4.82. The van der Waals surface area contributed by atoms with Gasteiger partial charge in [0.15, 0.2) is 24.3 Å². The highest BCUT2D eigenvalue weighted by Crippen LogP contribution is 2.39. The van der Waals surface area contributed by atoms with Crippen LogP contribution in [-0.4, -0.2) is 186 Å². The van der Waals surface area contributed by atoms with Crippen molar-refractivity contribution in [2.45, 2.75) is 192 Å². The Labute approximate surface area is 436 Å². The summed E-state index contributed by atoms with van der Waals surface area (Å²) in [6.45, 7) is 12.4. The largest absolute Gasteiger partial charge is 0.462 e. The molecule has 0 aliphatic carbocycles. The van der Waals surface area contributed by atoms with Gasteiger partial charge in [-0.15, -0.1) is 0 Å². The van der Waals surface area contributed by atoms with Gasteiger partial charge in [0.1, 0.15) is 36.8 Å². The Morgan fingerprint density at radius 2 is 1.72 bits per heavy atom. The van der Waals surface area contributed by atoms with Crippen LogP contribution in [0.5, 0.6) is 0 Å². The van der Waals surface area contributed by atoms with Crippen LogP contribution in [0, 0.1) is 11.8 Å². The number of aliphatic hydroxyl groups excluding tert-OH is 2. The Bertz CT molecular complexity index is 2130. The topological polar surface area (TPSA) is 233 Å². The molecule has 3 aliphatic heterocycles. The van der Waals surface area contributed by atoms with Gasteiger partial charge in [0.25, 0.3) is 0 Å². The van der Waals surface area contributed by atoms with Gasteiger partial charge in [-0.2, -0.15) is 0 Å². The van der Waals surface area contributed by atoms with E-state index < -0.39 is 127 Å². The van der Waals surface area contributed by atoms with Crippen molar-refractivity contribution in [1.29, 1.82) is 0 Å². The second-order valence-electron chi connectivity index (χ2n) is 20.4. The molecule has 20 heteroatoms. The van der Waals surface area contributed by atoms with Gasteiger partial charge in [0.05, 0.1) is 43.2 Å². The van der Waals surface area contributed by atoms with Crippen molar-refractivity contribution >= 4 is 36.2 Å². The maximum absolute atomic E-state index is 14.2. The number of hydrogen-bond acceptors (Lipinski definition) is 19. The van der Waals surface area contributed by atoms with Crippen molar-refractivity contribution in [3.8, 4) is 5.69 Å². The van der Waals surface area contributed by atoms with Crippen LogP contribution >= 0.6 is 0 Å². The number of likely N-dealkylation sites (N-methyl/N-ethyl adjacent to an activating group) is 2. The van der Waals surface area contributed by atoms with Gasteiger partial charge >= 0.3 is 23.9 Å². The predicted molar refractivity (Wildman–Crippen MR) is 270 cm³/mol. The maximum atomic E-state index is 14.2. The Morgan fingerprint density at radius 1 is 0.986 bits per heavy atom. The lowest BCUT2D eigenvalue weighted by Gasteiger charge is -2.50. The highest BCUT2D eigenvalue weighted by atomic mass is 16.7. The molecule has 5 rings (SSSR count). The minimum Gasteiger partial charge on any atom is -0.462 e. The van der Waals surface area contributed by atoms with E-state index in [1.54, 1.807) is 66.1 Å². The van der Waals surface area contributed by atoms with Gasteiger partial charge < -0.3 is 72.0 Å². The highest BCUT2D eigenvalue weighted by Gasteiger charge is 2.54. The number of hydrogen-bond donors (Lipinski definition) is 2. The van der Waals surface area contributed by atoms with E-state index in [-0.39, 0.29) is 32.1 Å². The number of nitrogens with zero attached hydrogens (tertiary/aromatic N) is 4. The second kappa shape index (κ2) is 28.5. The molecule has 0 spiro atoms. The van der Waals surface area contributed by atoms with Gasteiger partial charge in [-0.1, -0.05) is 45.1 Å². The van der Waals surface area contributed by atoms with Crippen LogP contribution < -0.4 is 0 Å². The monoisotopic (exact) mass is 1040 g/mol. The van der Waals surface area contributed by atoms with Gasteiger partial charge in [0.2, 0.25) is 0 Å². The van der Waals surface area contributed by atoms with Crippen molar-refractivity contribution < 1.29 is 76.8 Å².